The van der Waals surface area contributed by atoms with E-state index < -0.39 is 0 Å². The second-order valence-electron chi connectivity index (χ2n) is 8.08. The molecule has 8 nitrogen and oxygen atoms in total. The Hall–Kier alpha value is -3.04. The number of hydrogen-bond acceptors (Lipinski definition) is 8. The van der Waals surface area contributed by atoms with E-state index in [1.807, 2.05) is 13.0 Å². The predicted octanol–water partition coefficient (Wildman–Crippen LogP) is 4.73. The fraction of sp³-hybridized carbons (Fsp3) is 0.417. The molecule has 0 saturated carbocycles. The van der Waals surface area contributed by atoms with Crippen molar-refractivity contribution in [1.82, 2.24) is 19.9 Å². The molecule has 2 heterocycles. The van der Waals surface area contributed by atoms with E-state index in [0.717, 1.165) is 6.54 Å². The lowest BCUT2D eigenvalue weighted by atomic mass is 10.2. The number of anilines is 2. The maximum atomic E-state index is 13.5. The number of hydrogen-bond donors (Lipinski definition) is 0. The number of benzene rings is 1. The molecule has 0 atom stereocenters. The number of carbonyl (C=O) groups is 1. The van der Waals surface area contributed by atoms with E-state index in [2.05, 4.69) is 47.5 Å². The lowest BCUT2D eigenvalue weighted by molar-refractivity contribution is 0.100. The number of thiazole rings is 1. The average Bonchev–Trinajstić information content (AvgIpc) is 3.23. The van der Waals surface area contributed by atoms with Crippen LogP contribution in [-0.2, 0) is 0 Å². The zero-order chi connectivity index (χ0) is 24.0. The number of methoxy groups -OCH3 is 1. The first-order valence-electron chi connectivity index (χ1n) is 10.9. The van der Waals surface area contributed by atoms with Gasteiger partial charge in [0.05, 0.1) is 30.2 Å². The van der Waals surface area contributed by atoms with Crippen molar-refractivity contribution in [3.05, 3.63) is 52.9 Å². The topological polar surface area (TPSA) is 80.7 Å². The maximum Gasteiger partial charge on any atom is 0.276 e. The van der Waals surface area contributed by atoms with E-state index in [9.17, 15) is 4.79 Å². The summed E-state index contributed by atoms with van der Waals surface area (Å²) in [7, 11) is 1.60. The van der Waals surface area contributed by atoms with E-state index in [4.69, 9.17) is 9.47 Å². The number of ether oxygens (including phenoxy) is 2. The van der Waals surface area contributed by atoms with E-state index in [-0.39, 0.29) is 5.91 Å². The van der Waals surface area contributed by atoms with Crippen molar-refractivity contribution in [2.75, 3.05) is 25.2 Å². The first-order valence-corrected chi connectivity index (χ1v) is 11.8. The van der Waals surface area contributed by atoms with Gasteiger partial charge in [0.25, 0.3) is 5.91 Å². The van der Waals surface area contributed by atoms with Crippen LogP contribution >= 0.6 is 11.3 Å². The van der Waals surface area contributed by atoms with Crippen LogP contribution in [0.3, 0.4) is 0 Å². The highest BCUT2D eigenvalue weighted by atomic mass is 32.1. The molecular weight excluding hydrogens is 438 g/mol. The van der Waals surface area contributed by atoms with Crippen LogP contribution in [0.2, 0.25) is 0 Å². The Labute approximate surface area is 199 Å². The van der Waals surface area contributed by atoms with Crippen molar-refractivity contribution in [1.29, 1.82) is 0 Å². The van der Waals surface area contributed by atoms with Gasteiger partial charge in [-0.2, -0.15) is 0 Å². The number of carbonyl (C=O) groups excluding carboxylic acids is 1. The largest absolute Gasteiger partial charge is 0.493 e. The molecule has 1 aromatic carbocycles. The Bertz CT molecular complexity index is 1050. The molecule has 0 aliphatic rings. The summed E-state index contributed by atoms with van der Waals surface area (Å²) < 4.78 is 11.6. The molecule has 0 N–H and O–H groups in total. The Kier molecular flexibility index (Phi) is 8.35. The quantitative estimate of drug-likeness (QED) is 0.425. The van der Waals surface area contributed by atoms with Gasteiger partial charge >= 0.3 is 0 Å². The van der Waals surface area contributed by atoms with Gasteiger partial charge in [0.1, 0.15) is 11.5 Å². The minimum Gasteiger partial charge on any atom is -0.493 e. The summed E-state index contributed by atoms with van der Waals surface area (Å²) in [4.78, 5) is 30.7. The molecule has 1 amide bonds. The average molecular weight is 470 g/mol. The van der Waals surface area contributed by atoms with Gasteiger partial charge in [-0.25, -0.2) is 9.97 Å². The molecule has 0 bridgehead atoms. The molecule has 176 valence electrons. The van der Waals surface area contributed by atoms with Crippen molar-refractivity contribution in [3.8, 4) is 11.5 Å². The Morgan fingerprint density at radius 1 is 1.09 bits per heavy atom. The number of amides is 1. The van der Waals surface area contributed by atoms with Gasteiger partial charge in [-0.3, -0.25) is 19.6 Å². The Morgan fingerprint density at radius 2 is 1.85 bits per heavy atom. The standard InChI is InChI=1S/C24H31N5O3S/c1-16(2)28(17(3)4)11-12-32-21-13-19(7-8-20(21)31-6)29(22-14-25-9-10-26-22)24(30)23-18(5)27-15-33-23/h7-10,13-17H,11-12H2,1-6H3. The van der Waals surface area contributed by atoms with Gasteiger partial charge in [0.15, 0.2) is 17.3 Å². The van der Waals surface area contributed by atoms with Crippen LogP contribution in [0.25, 0.3) is 0 Å². The maximum absolute atomic E-state index is 13.5. The molecule has 0 fully saturated rings. The van der Waals surface area contributed by atoms with Gasteiger partial charge in [-0.1, -0.05) is 0 Å². The molecule has 0 spiro atoms. The molecule has 2 aromatic heterocycles. The molecule has 0 aliphatic carbocycles. The first-order chi connectivity index (χ1) is 15.8. The molecular formula is C24H31N5O3S. The van der Waals surface area contributed by atoms with Crippen LogP contribution in [0.5, 0.6) is 11.5 Å². The van der Waals surface area contributed by atoms with E-state index >= 15 is 0 Å². The van der Waals surface area contributed by atoms with Crippen molar-refractivity contribution in [3.63, 3.8) is 0 Å². The molecule has 0 unspecified atom stereocenters. The monoisotopic (exact) mass is 469 g/mol. The van der Waals surface area contributed by atoms with E-state index in [0.29, 0.717) is 52.3 Å². The third-order valence-corrected chi connectivity index (χ3v) is 6.18. The molecule has 0 radical (unpaired) electrons. The minimum atomic E-state index is -0.225. The third kappa shape index (κ3) is 5.85. The molecule has 33 heavy (non-hydrogen) atoms. The highest BCUT2D eigenvalue weighted by molar-refractivity contribution is 7.12. The van der Waals surface area contributed by atoms with Gasteiger partial charge in [-0.05, 0) is 46.8 Å². The lowest BCUT2D eigenvalue weighted by Crippen LogP contribution is -2.39. The zero-order valence-corrected chi connectivity index (χ0v) is 20.8. The van der Waals surface area contributed by atoms with Crippen LogP contribution < -0.4 is 14.4 Å². The SMILES string of the molecule is COc1ccc(N(C(=O)c2scnc2C)c2cnccn2)cc1OCCN(C(C)C)C(C)C. The highest BCUT2D eigenvalue weighted by Gasteiger charge is 2.25. The Balaban J connectivity index is 1.93. The normalized spacial score (nSPS) is 11.3. The Morgan fingerprint density at radius 3 is 2.42 bits per heavy atom. The summed E-state index contributed by atoms with van der Waals surface area (Å²) in [6.07, 6.45) is 4.69. The van der Waals surface area contributed by atoms with Crippen LogP contribution in [0.1, 0.15) is 43.1 Å². The number of nitrogens with zero attached hydrogens (tertiary/aromatic N) is 5. The van der Waals surface area contributed by atoms with Gasteiger partial charge in [-0.15, -0.1) is 11.3 Å². The van der Waals surface area contributed by atoms with Crippen molar-refractivity contribution >= 4 is 28.7 Å². The predicted molar refractivity (Wildman–Crippen MR) is 131 cm³/mol. The van der Waals surface area contributed by atoms with Crippen LogP contribution in [0.4, 0.5) is 11.5 Å². The second-order valence-corrected chi connectivity index (χ2v) is 8.93. The summed E-state index contributed by atoms with van der Waals surface area (Å²) in [5.41, 5.74) is 2.94. The zero-order valence-electron chi connectivity index (χ0n) is 20.0. The second kappa shape index (κ2) is 11.2. The fourth-order valence-corrected chi connectivity index (χ4v) is 4.39. The number of aromatic nitrogens is 3. The molecule has 9 heteroatoms. The molecule has 3 rings (SSSR count). The van der Waals surface area contributed by atoms with Crippen molar-refractivity contribution < 1.29 is 14.3 Å². The van der Waals surface area contributed by atoms with Crippen LogP contribution in [0, 0.1) is 6.92 Å². The van der Waals surface area contributed by atoms with Gasteiger partial charge in [0.2, 0.25) is 0 Å². The first kappa shape index (κ1) is 24.6. The summed E-state index contributed by atoms with van der Waals surface area (Å²) >= 11 is 1.30. The number of rotatable bonds is 10. The van der Waals surface area contributed by atoms with Crippen LogP contribution in [0.15, 0.2) is 42.3 Å². The van der Waals surface area contributed by atoms with Crippen LogP contribution in [-0.4, -0.2) is 58.1 Å². The fourth-order valence-electron chi connectivity index (χ4n) is 3.66. The van der Waals surface area contributed by atoms with E-state index in [1.165, 1.54) is 16.2 Å². The van der Waals surface area contributed by atoms with E-state index in [1.54, 1.807) is 43.3 Å². The van der Waals surface area contributed by atoms with Gasteiger partial charge < -0.3 is 9.47 Å². The molecule has 0 saturated heterocycles. The number of aryl methyl sites for hydroxylation is 1. The summed E-state index contributed by atoms with van der Waals surface area (Å²) in [6, 6.07) is 6.23. The molecule has 3 aromatic rings. The summed E-state index contributed by atoms with van der Waals surface area (Å²) in [5, 5.41) is 0. The van der Waals surface area contributed by atoms with Crippen molar-refractivity contribution in [2.45, 2.75) is 46.7 Å². The summed E-state index contributed by atoms with van der Waals surface area (Å²) in [5.74, 6) is 1.35. The lowest BCUT2D eigenvalue weighted by Gasteiger charge is -2.30. The van der Waals surface area contributed by atoms with Crippen molar-refractivity contribution in [2.24, 2.45) is 0 Å². The highest BCUT2D eigenvalue weighted by Crippen LogP contribution is 2.35. The van der Waals surface area contributed by atoms with Gasteiger partial charge in [0, 0.05) is 37.1 Å². The smallest absolute Gasteiger partial charge is 0.276 e. The molecule has 0 aliphatic heterocycles. The third-order valence-electron chi connectivity index (χ3n) is 5.26. The summed E-state index contributed by atoms with van der Waals surface area (Å²) in [6.45, 7) is 11.8. The minimum absolute atomic E-state index is 0.225.